The van der Waals surface area contributed by atoms with Gasteiger partial charge < -0.3 is 15.4 Å². The molecule has 0 bridgehead atoms. The number of hydrogen-bond donors (Lipinski definition) is 2. The summed E-state index contributed by atoms with van der Waals surface area (Å²) in [5.41, 5.74) is 0.756. The molecule has 2 aromatic rings. The number of fused-ring (bicyclic) bond motifs is 1. The highest BCUT2D eigenvalue weighted by Gasteiger charge is 2.32. The summed E-state index contributed by atoms with van der Waals surface area (Å²) in [6, 6.07) is 10.3. The molecule has 2 N–H and O–H groups in total. The lowest BCUT2D eigenvalue weighted by atomic mass is 9.83. The maximum atomic E-state index is 12.9. The Labute approximate surface area is 172 Å². The van der Waals surface area contributed by atoms with Gasteiger partial charge in [-0.1, -0.05) is 32.0 Å². The van der Waals surface area contributed by atoms with Crippen molar-refractivity contribution in [2.24, 2.45) is 0 Å². The Balaban J connectivity index is 1.55. The second-order valence-corrected chi connectivity index (χ2v) is 7.89. The minimum absolute atomic E-state index is 0.0288. The summed E-state index contributed by atoms with van der Waals surface area (Å²) in [6.45, 7) is 3.47. The van der Waals surface area contributed by atoms with E-state index in [0.717, 1.165) is 23.4 Å². The van der Waals surface area contributed by atoms with Crippen LogP contribution in [0.15, 0.2) is 42.5 Å². The van der Waals surface area contributed by atoms with Gasteiger partial charge in [0, 0.05) is 24.1 Å². The van der Waals surface area contributed by atoms with Gasteiger partial charge in [0.05, 0.1) is 5.56 Å². The molecule has 0 unspecified atom stereocenters. The minimum Gasteiger partial charge on any atom is -0.484 e. The van der Waals surface area contributed by atoms with Crippen LogP contribution in [0.4, 0.5) is 18.9 Å². The average molecular weight is 420 g/mol. The third kappa shape index (κ3) is 5.31. The van der Waals surface area contributed by atoms with E-state index in [1.165, 1.54) is 6.07 Å². The monoisotopic (exact) mass is 420 g/mol. The number of amides is 2. The van der Waals surface area contributed by atoms with Crippen molar-refractivity contribution in [3.05, 3.63) is 59.2 Å². The van der Waals surface area contributed by atoms with Gasteiger partial charge in [-0.25, -0.2) is 0 Å². The molecule has 30 heavy (non-hydrogen) atoms. The van der Waals surface area contributed by atoms with E-state index in [1.807, 2.05) is 0 Å². The molecule has 0 fully saturated rings. The highest BCUT2D eigenvalue weighted by atomic mass is 19.4. The summed E-state index contributed by atoms with van der Waals surface area (Å²) in [5.74, 6) is 0.109. The topological polar surface area (TPSA) is 67.4 Å². The van der Waals surface area contributed by atoms with Crippen molar-refractivity contribution < 1.29 is 27.5 Å². The van der Waals surface area contributed by atoms with Gasteiger partial charge in [-0.05, 0) is 41.8 Å². The van der Waals surface area contributed by atoms with Crippen LogP contribution in [0.25, 0.3) is 0 Å². The first-order valence-electron chi connectivity index (χ1n) is 9.55. The Kier molecular flexibility index (Phi) is 6.05. The third-order valence-corrected chi connectivity index (χ3v) is 5.04. The summed E-state index contributed by atoms with van der Waals surface area (Å²) in [4.78, 5) is 23.6. The smallest absolute Gasteiger partial charge is 0.416 e. The molecule has 1 aliphatic rings. The number of nitrogens with one attached hydrogen (secondary N) is 2. The Morgan fingerprint density at radius 2 is 1.83 bits per heavy atom. The lowest BCUT2D eigenvalue weighted by molar-refractivity contribution is -0.137. The van der Waals surface area contributed by atoms with Crippen molar-refractivity contribution in [3.8, 4) is 5.75 Å². The maximum absolute atomic E-state index is 12.9. The first kappa shape index (κ1) is 21.7. The number of benzene rings is 2. The zero-order valence-corrected chi connectivity index (χ0v) is 16.7. The van der Waals surface area contributed by atoms with Crippen molar-refractivity contribution in [1.29, 1.82) is 0 Å². The molecule has 1 aliphatic heterocycles. The van der Waals surface area contributed by atoms with Crippen LogP contribution < -0.4 is 15.4 Å². The first-order valence-corrected chi connectivity index (χ1v) is 9.55. The van der Waals surface area contributed by atoms with Gasteiger partial charge in [-0.3, -0.25) is 9.59 Å². The van der Waals surface area contributed by atoms with Crippen LogP contribution in [0, 0.1) is 0 Å². The molecule has 8 heteroatoms. The van der Waals surface area contributed by atoms with Gasteiger partial charge >= 0.3 is 6.18 Å². The van der Waals surface area contributed by atoms with Gasteiger partial charge in [-0.2, -0.15) is 13.2 Å². The van der Waals surface area contributed by atoms with Gasteiger partial charge in [0.25, 0.3) is 5.91 Å². The molecule has 2 aromatic carbocycles. The van der Waals surface area contributed by atoms with E-state index in [4.69, 9.17) is 4.74 Å². The molecule has 1 heterocycles. The molecule has 0 radical (unpaired) electrons. The summed E-state index contributed by atoms with van der Waals surface area (Å²) in [6.07, 6.45) is -3.40. The lowest BCUT2D eigenvalue weighted by Crippen LogP contribution is -2.39. The molecule has 0 saturated carbocycles. The van der Waals surface area contributed by atoms with Crippen molar-refractivity contribution in [1.82, 2.24) is 5.32 Å². The molecule has 5 nitrogen and oxygen atoms in total. The number of aryl methyl sites for hydroxylation is 1. The van der Waals surface area contributed by atoms with Gasteiger partial charge in [0.1, 0.15) is 5.75 Å². The van der Waals surface area contributed by atoms with Crippen LogP contribution in [0.2, 0.25) is 0 Å². The number of ether oxygens (including phenoxy) is 1. The first-order chi connectivity index (χ1) is 14.0. The highest BCUT2D eigenvalue weighted by Crippen LogP contribution is 2.32. The minimum atomic E-state index is -4.42. The van der Waals surface area contributed by atoms with Crippen molar-refractivity contribution in [2.75, 3.05) is 18.5 Å². The summed E-state index contributed by atoms with van der Waals surface area (Å²) >= 11 is 0. The molecule has 0 saturated heterocycles. The molecule has 0 atom stereocenters. The third-order valence-electron chi connectivity index (χ3n) is 5.04. The van der Waals surface area contributed by atoms with Crippen LogP contribution >= 0.6 is 0 Å². The normalized spacial score (nSPS) is 14.0. The van der Waals surface area contributed by atoms with Gasteiger partial charge in [0.2, 0.25) is 5.91 Å². The largest absolute Gasteiger partial charge is 0.484 e. The number of hydrogen-bond acceptors (Lipinski definition) is 3. The van der Waals surface area contributed by atoms with E-state index in [9.17, 15) is 22.8 Å². The second kappa shape index (κ2) is 8.38. The lowest BCUT2D eigenvalue weighted by Gasteiger charge is -2.26. The zero-order chi connectivity index (χ0) is 21.9. The molecule has 0 spiro atoms. The Bertz CT molecular complexity index is 955. The number of rotatable bonds is 6. The van der Waals surface area contributed by atoms with Gasteiger partial charge in [0.15, 0.2) is 6.61 Å². The zero-order valence-electron chi connectivity index (χ0n) is 16.7. The average Bonchev–Trinajstić information content (AvgIpc) is 2.70. The fraction of sp³-hybridized carbons (Fsp3) is 0.364. The van der Waals surface area contributed by atoms with Crippen LogP contribution in [0.5, 0.6) is 5.75 Å². The summed E-state index contributed by atoms with van der Waals surface area (Å²) in [5, 5.41) is 5.49. The molecular formula is C22H23F3N2O3. The van der Waals surface area contributed by atoms with Crippen LogP contribution in [-0.2, 0) is 27.6 Å². The summed E-state index contributed by atoms with van der Waals surface area (Å²) in [7, 11) is 0. The fourth-order valence-electron chi connectivity index (χ4n) is 3.19. The van der Waals surface area contributed by atoms with E-state index in [0.29, 0.717) is 24.2 Å². The highest BCUT2D eigenvalue weighted by molar-refractivity contribution is 5.94. The van der Waals surface area contributed by atoms with E-state index in [1.54, 1.807) is 38.1 Å². The Hall–Kier alpha value is -3.03. The summed E-state index contributed by atoms with van der Waals surface area (Å²) < 4.78 is 44.4. The number of halogens is 3. The van der Waals surface area contributed by atoms with Crippen LogP contribution in [0.3, 0.4) is 0 Å². The molecule has 0 aromatic heterocycles. The van der Waals surface area contributed by atoms with Crippen molar-refractivity contribution in [3.63, 3.8) is 0 Å². The number of anilines is 1. The van der Waals surface area contributed by atoms with E-state index < -0.39 is 17.2 Å². The maximum Gasteiger partial charge on any atom is 0.416 e. The molecule has 0 aliphatic carbocycles. The Morgan fingerprint density at radius 1 is 1.10 bits per heavy atom. The standard InChI is InChI=1S/C22H23F3N2O3/c1-21(2,15-4-3-5-16(11-15)22(23,24)25)13-26-20(29)12-30-17-7-8-18-14(10-17)6-9-19(28)27-18/h3-5,7-8,10-11H,6,9,12-13H2,1-2H3,(H,26,29)(H,27,28). The molecule has 160 valence electrons. The number of carbonyl (C=O) groups is 2. The van der Waals surface area contributed by atoms with E-state index >= 15 is 0 Å². The quantitative estimate of drug-likeness (QED) is 0.741. The van der Waals surface area contributed by atoms with Crippen LogP contribution in [-0.4, -0.2) is 25.0 Å². The van der Waals surface area contributed by atoms with E-state index in [-0.39, 0.29) is 25.0 Å². The van der Waals surface area contributed by atoms with Gasteiger partial charge in [-0.15, -0.1) is 0 Å². The predicted octanol–water partition coefficient (Wildman–Crippen LogP) is 4.06. The predicted molar refractivity (Wildman–Crippen MR) is 106 cm³/mol. The number of carbonyl (C=O) groups excluding carboxylic acids is 2. The van der Waals surface area contributed by atoms with Crippen molar-refractivity contribution in [2.45, 2.75) is 38.3 Å². The molecule has 2 amide bonds. The number of alkyl halides is 3. The SMILES string of the molecule is CC(C)(CNC(=O)COc1ccc2c(c1)CCC(=O)N2)c1cccc(C(F)(F)F)c1. The second-order valence-electron chi connectivity index (χ2n) is 7.89. The van der Waals surface area contributed by atoms with E-state index in [2.05, 4.69) is 10.6 Å². The molecule has 3 rings (SSSR count). The van der Waals surface area contributed by atoms with Crippen LogP contribution in [0.1, 0.15) is 37.0 Å². The van der Waals surface area contributed by atoms with Crippen molar-refractivity contribution >= 4 is 17.5 Å². The molecular weight excluding hydrogens is 397 g/mol. The fourth-order valence-corrected chi connectivity index (χ4v) is 3.19. The Morgan fingerprint density at radius 3 is 2.57 bits per heavy atom.